The van der Waals surface area contributed by atoms with E-state index in [-0.39, 0.29) is 30.3 Å². The van der Waals surface area contributed by atoms with Crippen LogP contribution >= 0.6 is 0 Å². The predicted octanol–water partition coefficient (Wildman–Crippen LogP) is 0.469. The Morgan fingerprint density at radius 1 is 1.40 bits per heavy atom. The van der Waals surface area contributed by atoms with Gasteiger partial charge < -0.3 is 10.7 Å². The van der Waals surface area contributed by atoms with Crippen LogP contribution in [-0.2, 0) is 14.4 Å². The van der Waals surface area contributed by atoms with E-state index in [4.69, 9.17) is 5.41 Å². The molecular formula is C10H16N2O3. The third kappa shape index (κ3) is 5.72. The summed E-state index contributed by atoms with van der Waals surface area (Å²) in [5, 5.41) is 9.22. The molecule has 1 unspecified atom stereocenters. The molecule has 5 nitrogen and oxygen atoms in total. The molecule has 0 radical (unpaired) electrons. The first kappa shape index (κ1) is 13.5. The molecule has 0 aromatic rings. The Morgan fingerprint density at radius 2 is 2.00 bits per heavy atom. The summed E-state index contributed by atoms with van der Waals surface area (Å²) in [6.45, 7) is 3.06. The third-order valence-electron chi connectivity index (χ3n) is 1.99. The number of Topliss-reactive ketones (excluding diaryl/α,β-unsaturated/α-hetero) is 2. The first-order valence-electron chi connectivity index (χ1n) is 4.84. The molecule has 0 spiro atoms. The fourth-order valence-electron chi connectivity index (χ4n) is 1.03. The van der Waals surface area contributed by atoms with Gasteiger partial charge in [-0.3, -0.25) is 14.4 Å². The smallest absolute Gasteiger partial charge is 0.220 e. The monoisotopic (exact) mass is 212 g/mol. The predicted molar refractivity (Wildman–Crippen MR) is 55.9 cm³/mol. The van der Waals surface area contributed by atoms with E-state index < -0.39 is 6.04 Å². The van der Waals surface area contributed by atoms with Gasteiger partial charge in [0.15, 0.2) is 11.6 Å². The number of carbonyl (C=O) groups is 3. The molecule has 1 atom stereocenters. The minimum atomic E-state index is -0.610. The molecule has 0 aromatic heterocycles. The zero-order chi connectivity index (χ0) is 11.8. The molecule has 0 fully saturated rings. The minimum absolute atomic E-state index is 0.109. The molecule has 0 saturated carbocycles. The number of carbonyl (C=O) groups excluding carboxylic acids is 3. The molecule has 0 aliphatic carbocycles. The fourth-order valence-corrected chi connectivity index (χ4v) is 1.03. The lowest BCUT2D eigenvalue weighted by atomic mass is 10.1. The van der Waals surface area contributed by atoms with Crippen LogP contribution in [0.1, 0.15) is 33.1 Å². The second kappa shape index (κ2) is 6.86. The number of ketones is 2. The van der Waals surface area contributed by atoms with Crippen LogP contribution in [0.5, 0.6) is 0 Å². The Kier molecular flexibility index (Phi) is 6.17. The van der Waals surface area contributed by atoms with Gasteiger partial charge in [-0.1, -0.05) is 6.92 Å². The van der Waals surface area contributed by atoms with Crippen LogP contribution in [0, 0.1) is 5.41 Å². The molecule has 15 heavy (non-hydrogen) atoms. The van der Waals surface area contributed by atoms with Gasteiger partial charge in [-0.15, -0.1) is 0 Å². The van der Waals surface area contributed by atoms with Gasteiger partial charge in [-0.2, -0.15) is 0 Å². The largest absolute Gasteiger partial charge is 0.346 e. The van der Waals surface area contributed by atoms with Crippen molar-refractivity contribution < 1.29 is 14.4 Å². The highest BCUT2D eigenvalue weighted by Crippen LogP contribution is 1.99. The molecule has 0 aliphatic rings. The van der Waals surface area contributed by atoms with Gasteiger partial charge in [0.05, 0.1) is 12.3 Å². The van der Waals surface area contributed by atoms with Gasteiger partial charge in [-0.25, -0.2) is 0 Å². The molecule has 1 amide bonds. The van der Waals surface area contributed by atoms with Gasteiger partial charge in [0.1, 0.15) is 0 Å². The summed E-state index contributed by atoms with van der Waals surface area (Å²) in [5.41, 5.74) is 0. The second-order valence-electron chi connectivity index (χ2n) is 3.23. The Bertz CT molecular complexity index is 274. The van der Waals surface area contributed by atoms with Crippen molar-refractivity contribution in [3.8, 4) is 0 Å². The summed E-state index contributed by atoms with van der Waals surface area (Å²) < 4.78 is 0. The van der Waals surface area contributed by atoms with Crippen LogP contribution in [0.15, 0.2) is 0 Å². The normalized spacial score (nSPS) is 11.6. The van der Waals surface area contributed by atoms with E-state index in [2.05, 4.69) is 5.32 Å². The van der Waals surface area contributed by atoms with Gasteiger partial charge in [0, 0.05) is 12.8 Å². The fraction of sp³-hybridized carbons (Fsp3) is 0.600. The summed E-state index contributed by atoms with van der Waals surface area (Å²) in [4.78, 5) is 33.0. The van der Waals surface area contributed by atoms with Gasteiger partial charge in [0.2, 0.25) is 5.91 Å². The van der Waals surface area contributed by atoms with Gasteiger partial charge in [-0.05, 0) is 13.3 Å². The van der Waals surface area contributed by atoms with E-state index in [1.807, 2.05) is 0 Å². The Balaban J connectivity index is 4.16. The SMILES string of the molecule is CCC(=O)NC(CCC(=O)C=N)C(C)=O. The third-order valence-corrected chi connectivity index (χ3v) is 1.99. The zero-order valence-corrected chi connectivity index (χ0v) is 9.00. The van der Waals surface area contributed by atoms with Crippen molar-refractivity contribution in [1.82, 2.24) is 5.32 Å². The lowest BCUT2D eigenvalue weighted by Crippen LogP contribution is -2.39. The molecule has 0 saturated heterocycles. The van der Waals surface area contributed by atoms with E-state index >= 15 is 0 Å². The van der Waals surface area contributed by atoms with Crippen molar-refractivity contribution in [3.63, 3.8) is 0 Å². The lowest BCUT2D eigenvalue weighted by molar-refractivity contribution is -0.127. The van der Waals surface area contributed by atoms with Gasteiger partial charge in [0.25, 0.3) is 0 Å². The summed E-state index contributed by atoms with van der Waals surface area (Å²) in [7, 11) is 0. The number of amides is 1. The topological polar surface area (TPSA) is 87.1 Å². The first-order chi connectivity index (χ1) is 7.01. The Hall–Kier alpha value is -1.52. The van der Waals surface area contributed by atoms with E-state index in [0.717, 1.165) is 6.21 Å². The Labute approximate surface area is 88.7 Å². The molecule has 5 heteroatoms. The molecule has 84 valence electrons. The van der Waals surface area contributed by atoms with Crippen molar-refractivity contribution in [2.45, 2.75) is 39.2 Å². The minimum Gasteiger partial charge on any atom is -0.346 e. The molecule has 0 bridgehead atoms. The van der Waals surface area contributed by atoms with E-state index in [0.29, 0.717) is 6.42 Å². The van der Waals surface area contributed by atoms with Crippen LogP contribution in [0.4, 0.5) is 0 Å². The summed E-state index contributed by atoms with van der Waals surface area (Å²) in [5.74, 6) is -0.723. The summed E-state index contributed by atoms with van der Waals surface area (Å²) >= 11 is 0. The highest BCUT2D eigenvalue weighted by atomic mass is 16.2. The van der Waals surface area contributed by atoms with E-state index in [1.165, 1.54) is 6.92 Å². The maximum Gasteiger partial charge on any atom is 0.220 e. The standard InChI is InChI=1S/C10H16N2O3/c1-3-10(15)12-9(7(2)13)5-4-8(14)6-11/h6,9,11H,3-5H2,1-2H3,(H,12,15). The van der Waals surface area contributed by atoms with E-state index in [1.54, 1.807) is 6.92 Å². The van der Waals surface area contributed by atoms with Crippen molar-refractivity contribution in [3.05, 3.63) is 0 Å². The molecule has 0 heterocycles. The number of rotatable bonds is 7. The van der Waals surface area contributed by atoms with E-state index in [9.17, 15) is 14.4 Å². The number of hydrogen-bond donors (Lipinski definition) is 2. The van der Waals surface area contributed by atoms with Crippen molar-refractivity contribution in [2.75, 3.05) is 0 Å². The maximum absolute atomic E-state index is 11.1. The average molecular weight is 212 g/mol. The van der Waals surface area contributed by atoms with Crippen molar-refractivity contribution in [2.24, 2.45) is 0 Å². The first-order valence-corrected chi connectivity index (χ1v) is 4.84. The number of nitrogens with one attached hydrogen (secondary N) is 2. The van der Waals surface area contributed by atoms with Crippen molar-refractivity contribution in [1.29, 1.82) is 5.41 Å². The van der Waals surface area contributed by atoms with Crippen LogP contribution in [0.25, 0.3) is 0 Å². The maximum atomic E-state index is 11.1. The van der Waals surface area contributed by atoms with Crippen molar-refractivity contribution >= 4 is 23.7 Å². The molecular weight excluding hydrogens is 196 g/mol. The van der Waals surface area contributed by atoms with Gasteiger partial charge >= 0.3 is 0 Å². The zero-order valence-electron chi connectivity index (χ0n) is 9.00. The Morgan fingerprint density at radius 3 is 2.40 bits per heavy atom. The molecule has 0 aromatic carbocycles. The lowest BCUT2D eigenvalue weighted by Gasteiger charge is -2.14. The van der Waals surface area contributed by atoms with Crippen LogP contribution in [0.2, 0.25) is 0 Å². The highest BCUT2D eigenvalue weighted by Gasteiger charge is 2.16. The number of hydrogen-bond acceptors (Lipinski definition) is 4. The van der Waals surface area contributed by atoms with Crippen LogP contribution in [0.3, 0.4) is 0 Å². The molecule has 0 aliphatic heterocycles. The second-order valence-corrected chi connectivity index (χ2v) is 3.23. The van der Waals surface area contributed by atoms with Crippen LogP contribution < -0.4 is 5.32 Å². The summed E-state index contributed by atoms with van der Waals surface area (Å²) in [6, 6.07) is -0.610. The highest BCUT2D eigenvalue weighted by molar-refractivity contribution is 6.26. The summed E-state index contributed by atoms with van der Waals surface area (Å²) in [6.07, 6.45) is 1.40. The molecule has 2 N–H and O–H groups in total. The quantitative estimate of drug-likeness (QED) is 0.601. The van der Waals surface area contributed by atoms with Crippen LogP contribution in [-0.4, -0.2) is 29.7 Å². The average Bonchev–Trinajstić information content (AvgIpc) is 2.22. The molecule has 0 rings (SSSR count).